The SMILES string of the molecule is N#Cc1cccc(OCCCCC(=O)NC2=NCCS2)c1. The summed E-state index contributed by atoms with van der Waals surface area (Å²) in [4.78, 5) is 15.8. The molecule has 1 N–H and O–H groups in total. The molecule has 0 spiro atoms. The summed E-state index contributed by atoms with van der Waals surface area (Å²) in [5.41, 5.74) is 0.585. The molecule has 1 aliphatic rings. The van der Waals surface area contributed by atoms with Gasteiger partial charge in [-0.25, -0.2) is 0 Å². The zero-order chi connectivity index (χ0) is 14.9. The molecule has 21 heavy (non-hydrogen) atoms. The van der Waals surface area contributed by atoms with E-state index in [9.17, 15) is 4.79 Å². The molecule has 0 bridgehead atoms. The van der Waals surface area contributed by atoms with Crippen molar-refractivity contribution in [1.82, 2.24) is 5.32 Å². The second-order valence-corrected chi connectivity index (χ2v) is 5.61. The minimum absolute atomic E-state index is 0.00891. The highest BCUT2D eigenvalue weighted by Crippen LogP contribution is 2.13. The zero-order valence-corrected chi connectivity index (χ0v) is 12.5. The van der Waals surface area contributed by atoms with Crippen molar-refractivity contribution < 1.29 is 9.53 Å². The van der Waals surface area contributed by atoms with E-state index in [1.807, 2.05) is 6.07 Å². The van der Waals surface area contributed by atoms with E-state index in [0.717, 1.165) is 30.3 Å². The summed E-state index contributed by atoms with van der Waals surface area (Å²) >= 11 is 1.58. The lowest BCUT2D eigenvalue weighted by Gasteiger charge is -2.06. The highest BCUT2D eigenvalue weighted by Gasteiger charge is 2.10. The third kappa shape index (κ3) is 5.48. The number of amidine groups is 1. The summed E-state index contributed by atoms with van der Waals surface area (Å²) in [6.45, 7) is 1.33. The number of nitrogens with zero attached hydrogens (tertiary/aromatic N) is 2. The van der Waals surface area contributed by atoms with Crippen LogP contribution in [0.1, 0.15) is 24.8 Å². The van der Waals surface area contributed by atoms with E-state index in [4.69, 9.17) is 10.00 Å². The number of thioether (sulfide) groups is 1. The smallest absolute Gasteiger partial charge is 0.225 e. The number of hydrogen-bond donors (Lipinski definition) is 1. The summed E-state index contributed by atoms with van der Waals surface area (Å²) in [5.74, 6) is 1.65. The Labute approximate surface area is 128 Å². The number of hydrogen-bond acceptors (Lipinski definition) is 5. The molecular formula is C15H17N3O2S. The third-order valence-corrected chi connectivity index (χ3v) is 3.75. The molecule has 5 nitrogen and oxygen atoms in total. The number of carbonyl (C=O) groups is 1. The predicted octanol–water partition coefficient (Wildman–Crippen LogP) is 2.33. The molecule has 0 saturated carbocycles. The van der Waals surface area contributed by atoms with Gasteiger partial charge in [0.05, 0.1) is 24.8 Å². The van der Waals surface area contributed by atoms with Crippen molar-refractivity contribution >= 4 is 22.8 Å². The Hall–Kier alpha value is -2.00. The van der Waals surface area contributed by atoms with Crippen molar-refractivity contribution in [2.45, 2.75) is 19.3 Å². The first-order valence-corrected chi connectivity index (χ1v) is 7.86. The maximum Gasteiger partial charge on any atom is 0.225 e. The second kappa shape index (κ2) is 8.32. The van der Waals surface area contributed by atoms with Crippen LogP contribution in [0, 0.1) is 11.3 Å². The van der Waals surface area contributed by atoms with E-state index in [-0.39, 0.29) is 5.91 Å². The molecule has 6 heteroatoms. The van der Waals surface area contributed by atoms with Gasteiger partial charge >= 0.3 is 0 Å². The highest BCUT2D eigenvalue weighted by molar-refractivity contribution is 8.14. The van der Waals surface area contributed by atoms with Crippen LogP contribution in [0.4, 0.5) is 0 Å². The number of nitrogens with one attached hydrogen (secondary N) is 1. The normalized spacial score (nSPS) is 13.4. The Bertz CT molecular complexity index is 566. The number of nitriles is 1. The summed E-state index contributed by atoms with van der Waals surface area (Å²) in [6, 6.07) is 9.14. The van der Waals surface area contributed by atoms with Crippen LogP contribution in [0.15, 0.2) is 29.3 Å². The molecule has 0 aliphatic carbocycles. The number of unbranched alkanes of at least 4 members (excludes halogenated alkanes) is 1. The van der Waals surface area contributed by atoms with Crippen LogP contribution in [0.2, 0.25) is 0 Å². The van der Waals surface area contributed by atoms with Crippen LogP contribution in [-0.2, 0) is 4.79 Å². The number of amides is 1. The molecule has 110 valence electrons. The molecular weight excluding hydrogens is 286 g/mol. The fraction of sp³-hybridized carbons (Fsp3) is 0.400. The second-order valence-electron chi connectivity index (χ2n) is 4.53. The summed E-state index contributed by atoms with van der Waals surface area (Å²) in [6.07, 6.45) is 2.03. The van der Waals surface area contributed by atoms with Gasteiger partial charge in [-0.15, -0.1) is 0 Å². The lowest BCUT2D eigenvalue weighted by Crippen LogP contribution is -2.27. The minimum Gasteiger partial charge on any atom is -0.494 e. The minimum atomic E-state index is 0.00891. The van der Waals surface area contributed by atoms with Gasteiger partial charge in [-0.05, 0) is 31.0 Å². The van der Waals surface area contributed by atoms with Crippen LogP contribution >= 0.6 is 11.8 Å². The van der Waals surface area contributed by atoms with Crippen LogP contribution in [0.3, 0.4) is 0 Å². The van der Waals surface area contributed by atoms with Crippen molar-refractivity contribution in [3.8, 4) is 11.8 Å². The van der Waals surface area contributed by atoms with Gasteiger partial charge in [0.1, 0.15) is 5.75 Å². The number of ether oxygens (including phenoxy) is 1. The van der Waals surface area contributed by atoms with Crippen molar-refractivity contribution in [3.05, 3.63) is 29.8 Å². The maximum atomic E-state index is 11.6. The molecule has 1 aromatic carbocycles. The van der Waals surface area contributed by atoms with E-state index in [1.54, 1.807) is 30.0 Å². The van der Waals surface area contributed by atoms with Gasteiger partial charge in [0.15, 0.2) is 5.17 Å². The first kappa shape index (κ1) is 15.4. The van der Waals surface area contributed by atoms with Gasteiger partial charge < -0.3 is 10.1 Å². The van der Waals surface area contributed by atoms with Gasteiger partial charge in [-0.1, -0.05) is 17.8 Å². The number of rotatable bonds is 6. The molecule has 1 aromatic rings. The molecule has 0 radical (unpaired) electrons. The monoisotopic (exact) mass is 303 g/mol. The molecule has 1 aliphatic heterocycles. The Balaban J connectivity index is 1.59. The first-order valence-electron chi connectivity index (χ1n) is 6.88. The van der Waals surface area contributed by atoms with Crippen molar-refractivity contribution in [2.24, 2.45) is 4.99 Å². The third-order valence-electron chi connectivity index (χ3n) is 2.86. The number of benzene rings is 1. The van der Waals surface area contributed by atoms with Crippen LogP contribution in [0.25, 0.3) is 0 Å². The fourth-order valence-electron chi connectivity index (χ4n) is 1.83. The Kier molecular flexibility index (Phi) is 6.10. The lowest BCUT2D eigenvalue weighted by atomic mass is 10.2. The maximum absolute atomic E-state index is 11.6. The van der Waals surface area contributed by atoms with Crippen LogP contribution in [0.5, 0.6) is 5.75 Å². The van der Waals surface area contributed by atoms with E-state index in [2.05, 4.69) is 16.4 Å². The molecule has 0 unspecified atom stereocenters. The number of aliphatic imine (C=N–C) groups is 1. The average molecular weight is 303 g/mol. The predicted molar refractivity (Wildman–Crippen MR) is 83.4 cm³/mol. The van der Waals surface area contributed by atoms with E-state index < -0.39 is 0 Å². The molecule has 0 fully saturated rings. The van der Waals surface area contributed by atoms with E-state index in [1.165, 1.54) is 0 Å². The van der Waals surface area contributed by atoms with Gasteiger partial charge in [-0.3, -0.25) is 9.79 Å². The van der Waals surface area contributed by atoms with Crippen molar-refractivity contribution in [2.75, 3.05) is 18.9 Å². The average Bonchev–Trinajstić information content (AvgIpc) is 3.00. The molecule has 0 atom stereocenters. The van der Waals surface area contributed by atoms with Gasteiger partial charge in [0.25, 0.3) is 0 Å². The Morgan fingerprint density at radius 2 is 2.38 bits per heavy atom. The summed E-state index contributed by atoms with van der Waals surface area (Å²) in [5, 5.41) is 12.3. The topological polar surface area (TPSA) is 74.5 Å². The standard InChI is InChI=1S/C15H17N3O2S/c16-11-12-4-3-5-13(10-12)20-8-2-1-6-14(19)18-15-17-7-9-21-15/h3-5,10H,1-2,6-9H2,(H,17,18,19). The molecule has 2 rings (SSSR count). The van der Waals surface area contributed by atoms with E-state index >= 15 is 0 Å². The summed E-state index contributed by atoms with van der Waals surface area (Å²) < 4.78 is 5.55. The molecule has 0 aromatic heterocycles. The van der Waals surface area contributed by atoms with Crippen molar-refractivity contribution in [1.29, 1.82) is 5.26 Å². The van der Waals surface area contributed by atoms with Gasteiger partial charge in [0.2, 0.25) is 5.91 Å². The zero-order valence-electron chi connectivity index (χ0n) is 11.7. The summed E-state index contributed by atoms with van der Waals surface area (Å²) in [7, 11) is 0. The highest BCUT2D eigenvalue weighted by atomic mass is 32.2. The van der Waals surface area contributed by atoms with Gasteiger partial charge in [-0.2, -0.15) is 5.26 Å². The molecule has 0 saturated heterocycles. The molecule has 1 heterocycles. The fourth-order valence-corrected chi connectivity index (χ4v) is 2.57. The molecule has 1 amide bonds. The number of carbonyl (C=O) groups excluding carboxylic acids is 1. The lowest BCUT2D eigenvalue weighted by molar-refractivity contribution is -0.119. The van der Waals surface area contributed by atoms with E-state index in [0.29, 0.717) is 24.3 Å². The van der Waals surface area contributed by atoms with Crippen LogP contribution < -0.4 is 10.1 Å². The first-order chi connectivity index (χ1) is 10.3. The van der Waals surface area contributed by atoms with Crippen LogP contribution in [-0.4, -0.2) is 30.0 Å². The Morgan fingerprint density at radius 3 is 3.14 bits per heavy atom. The largest absolute Gasteiger partial charge is 0.494 e. The Morgan fingerprint density at radius 1 is 1.48 bits per heavy atom. The van der Waals surface area contributed by atoms with Gasteiger partial charge in [0, 0.05) is 12.2 Å². The van der Waals surface area contributed by atoms with Crippen molar-refractivity contribution in [3.63, 3.8) is 0 Å². The quantitative estimate of drug-likeness (QED) is 0.818.